The van der Waals surface area contributed by atoms with Gasteiger partial charge in [-0.25, -0.2) is 0 Å². The van der Waals surface area contributed by atoms with Crippen LogP contribution in [0.2, 0.25) is 0 Å². The van der Waals surface area contributed by atoms with Crippen molar-refractivity contribution in [1.82, 2.24) is 15.1 Å². The van der Waals surface area contributed by atoms with Gasteiger partial charge in [0.05, 0.1) is 5.92 Å². The van der Waals surface area contributed by atoms with Crippen LogP contribution in [-0.4, -0.2) is 49.4 Å². The highest BCUT2D eigenvalue weighted by molar-refractivity contribution is 5.78. The van der Waals surface area contributed by atoms with Crippen molar-refractivity contribution in [2.24, 2.45) is 11.7 Å². The first kappa shape index (κ1) is 13.8. The van der Waals surface area contributed by atoms with Crippen molar-refractivity contribution in [1.29, 1.82) is 0 Å². The van der Waals surface area contributed by atoms with Crippen molar-refractivity contribution in [3.8, 4) is 0 Å². The van der Waals surface area contributed by atoms with Crippen LogP contribution in [-0.2, 0) is 4.79 Å². The smallest absolute Gasteiger partial charge is 0.226 e. The predicted molar refractivity (Wildman–Crippen MR) is 76.0 cm³/mol. The summed E-state index contributed by atoms with van der Waals surface area (Å²) in [4.78, 5) is 16.0. The third kappa shape index (κ3) is 3.43. The van der Waals surface area contributed by atoms with E-state index >= 15 is 0 Å². The Kier molecular flexibility index (Phi) is 4.35. The van der Waals surface area contributed by atoms with Gasteiger partial charge in [-0.15, -0.1) is 0 Å². The normalized spacial score (nSPS) is 27.7. The monoisotopic (exact) mass is 264 g/mol. The average molecular weight is 264 g/mol. The Morgan fingerprint density at radius 2 is 2.32 bits per heavy atom. The lowest BCUT2D eigenvalue weighted by molar-refractivity contribution is -0.134. The number of amides is 1. The maximum atomic E-state index is 12.0. The summed E-state index contributed by atoms with van der Waals surface area (Å²) in [5, 5.41) is 3.26. The Hall–Kier alpha value is -1.65. The summed E-state index contributed by atoms with van der Waals surface area (Å²) in [6.07, 6.45) is 6.83. The van der Waals surface area contributed by atoms with E-state index in [2.05, 4.69) is 16.4 Å². The molecule has 2 rings (SSSR count). The fraction of sp³-hybridized carbons (Fsp3) is 0.643. The largest absolute Gasteiger partial charge is 0.403 e. The second-order valence-electron chi connectivity index (χ2n) is 5.58. The molecule has 106 valence electrons. The third-order valence-corrected chi connectivity index (χ3v) is 3.77. The van der Waals surface area contributed by atoms with Gasteiger partial charge >= 0.3 is 0 Å². The van der Waals surface area contributed by atoms with Gasteiger partial charge < -0.3 is 20.9 Å². The van der Waals surface area contributed by atoms with E-state index in [1.54, 1.807) is 11.1 Å². The summed E-state index contributed by atoms with van der Waals surface area (Å²) < 4.78 is 0. The van der Waals surface area contributed by atoms with E-state index < -0.39 is 0 Å². The maximum Gasteiger partial charge on any atom is 0.226 e. The lowest BCUT2D eigenvalue weighted by atomic mass is 9.97. The van der Waals surface area contributed by atoms with E-state index in [0.29, 0.717) is 0 Å². The Bertz CT molecular complexity index is 400. The lowest BCUT2D eigenvalue weighted by Gasteiger charge is -2.32. The first-order chi connectivity index (χ1) is 9.10. The SMILES string of the molecule is CN(C)C(=O)C1CCCN(/C=C2/CN/C(=C\N)C2)C1. The highest BCUT2D eigenvalue weighted by Crippen LogP contribution is 2.21. The van der Waals surface area contributed by atoms with Crippen molar-refractivity contribution in [3.63, 3.8) is 0 Å². The van der Waals surface area contributed by atoms with Crippen LogP contribution in [0.5, 0.6) is 0 Å². The number of nitrogens with two attached hydrogens (primary N) is 1. The molecule has 0 aromatic heterocycles. The first-order valence-corrected chi connectivity index (χ1v) is 6.89. The Morgan fingerprint density at radius 1 is 1.53 bits per heavy atom. The van der Waals surface area contributed by atoms with E-state index in [0.717, 1.165) is 44.6 Å². The second kappa shape index (κ2) is 5.99. The molecule has 2 saturated heterocycles. The molecule has 0 bridgehead atoms. The molecule has 2 aliphatic heterocycles. The predicted octanol–water partition coefficient (Wildman–Crippen LogP) is 0.464. The highest BCUT2D eigenvalue weighted by Gasteiger charge is 2.26. The van der Waals surface area contributed by atoms with Crippen LogP contribution in [0.4, 0.5) is 0 Å². The zero-order chi connectivity index (χ0) is 13.8. The zero-order valence-electron chi connectivity index (χ0n) is 11.9. The molecule has 2 aliphatic rings. The molecule has 5 heteroatoms. The minimum absolute atomic E-state index is 0.138. The van der Waals surface area contributed by atoms with E-state index in [9.17, 15) is 4.79 Å². The molecular weight excluding hydrogens is 240 g/mol. The van der Waals surface area contributed by atoms with Gasteiger partial charge in [-0.1, -0.05) is 0 Å². The number of likely N-dealkylation sites (tertiary alicyclic amines) is 1. The number of carbonyl (C=O) groups excluding carboxylic acids is 1. The molecule has 2 fully saturated rings. The van der Waals surface area contributed by atoms with Crippen molar-refractivity contribution in [2.45, 2.75) is 19.3 Å². The number of rotatable bonds is 2. The van der Waals surface area contributed by atoms with Gasteiger partial charge in [0.15, 0.2) is 0 Å². The van der Waals surface area contributed by atoms with Crippen LogP contribution in [0, 0.1) is 5.92 Å². The van der Waals surface area contributed by atoms with Crippen LogP contribution in [0.25, 0.3) is 0 Å². The Balaban J connectivity index is 1.95. The molecule has 0 saturated carbocycles. The number of nitrogens with one attached hydrogen (secondary N) is 1. The van der Waals surface area contributed by atoms with E-state index in [1.807, 2.05) is 14.1 Å². The standard InChI is InChI=1S/C14H24N4O/c1-17(2)14(19)12-4-3-5-18(10-12)9-11-6-13(7-15)16-8-11/h7,9,12,16H,3-6,8,10,15H2,1-2H3/b11-9+,13-7-. The molecule has 5 nitrogen and oxygen atoms in total. The van der Waals surface area contributed by atoms with Crippen LogP contribution < -0.4 is 11.1 Å². The molecular formula is C14H24N4O. The van der Waals surface area contributed by atoms with Crippen LogP contribution in [0.15, 0.2) is 23.7 Å². The minimum atomic E-state index is 0.138. The van der Waals surface area contributed by atoms with E-state index in [4.69, 9.17) is 5.73 Å². The maximum absolute atomic E-state index is 12.0. The molecule has 0 spiro atoms. The quantitative estimate of drug-likeness (QED) is 0.761. The molecule has 1 atom stereocenters. The number of hydrogen-bond acceptors (Lipinski definition) is 4. The minimum Gasteiger partial charge on any atom is -0.403 e. The number of carbonyl (C=O) groups is 1. The van der Waals surface area contributed by atoms with Gasteiger partial charge in [-0.3, -0.25) is 4.79 Å². The van der Waals surface area contributed by atoms with Gasteiger partial charge in [0.1, 0.15) is 0 Å². The highest BCUT2D eigenvalue weighted by atomic mass is 16.2. The first-order valence-electron chi connectivity index (χ1n) is 6.89. The number of piperidine rings is 1. The number of hydrogen-bond donors (Lipinski definition) is 2. The van der Waals surface area contributed by atoms with Crippen molar-refractivity contribution in [3.05, 3.63) is 23.7 Å². The average Bonchev–Trinajstić information content (AvgIpc) is 2.85. The van der Waals surface area contributed by atoms with Crippen LogP contribution in [0.3, 0.4) is 0 Å². The Morgan fingerprint density at radius 3 is 2.95 bits per heavy atom. The number of allylic oxidation sites excluding steroid dienone is 1. The van der Waals surface area contributed by atoms with Crippen LogP contribution >= 0.6 is 0 Å². The zero-order valence-corrected chi connectivity index (χ0v) is 11.9. The van der Waals surface area contributed by atoms with Gasteiger partial charge in [-0.2, -0.15) is 0 Å². The van der Waals surface area contributed by atoms with Gasteiger partial charge in [0.2, 0.25) is 5.91 Å². The summed E-state index contributed by atoms with van der Waals surface area (Å²) >= 11 is 0. The van der Waals surface area contributed by atoms with Crippen molar-refractivity contribution >= 4 is 5.91 Å². The van der Waals surface area contributed by atoms with E-state index in [-0.39, 0.29) is 11.8 Å². The number of nitrogens with zero attached hydrogens (tertiary/aromatic N) is 2. The topological polar surface area (TPSA) is 61.6 Å². The van der Waals surface area contributed by atoms with Crippen molar-refractivity contribution < 1.29 is 4.79 Å². The fourth-order valence-corrected chi connectivity index (χ4v) is 2.75. The molecule has 2 heterocycles. The fourth-order valence-electron chi connectivity index (χ4n) is 2.75. The Labute approximate surface area is 115 Å². The molecule has 0 aromatic rings. The third-order valence-electron chi connectivity index (χ3n) is 3.77. The summed E-state index contributed by atoms with van der Waals surface area (Å²) in [6, 6.07) is 0. The molecule has 1 unspecified atom stereocenters. The molecule has 0 radical (unpaired) electrons. The van der Waals surface area contributed by atoms with Gasteiger partial charge in [0.25, 0.3) is 0 Å². The second-order valence-corrected chi connectivity index (χ2v) is 5.58. The van der Waals surface area contributed by atoms with E-state index in [1.165, 1.54) is 5.57 Å². The van der Waals surface area contributed by atoms with Gasteiger partial charge in [-0.05, 0) is 18.4 Å². The molecule has 0 aromatic carbocycles. The molecule has 0 aliphatic carbocycles. The summed E-state index contributed by atoms with van der Waals surface area (Å²) in [5.41, 5.74) is 7.94. The van der Waals surface area contributed by atoms with Crippen molar-refractivity contribution in [2.75, 3.05) is 33.7 Å². The molecule has 19 heavy (non-hydrogen) atoms. The summed E-state index contributed by atoms with van der Waals surface area (Å²) in [5.74, 6) is 0.384. The summed E-state index contributed by atoms with van der Waals surface area (Å²) in [7, 11) is 3.66. The molecule has 3 N–H and O–H groups in total. The van der Waals surface area contributed by atoms with Gasteiger partial charge in [0, 0.05) is 58.2 Å². The lowest BCUT2D eigenvalue weighted by Crippen LogP contribution is -2.40. The summed E-state index contributed by atoms with van der Waals surface area (Å²) in [6.45, 7) is 2.75. The van der Waals surface area contributed by atoms with Crippen LogP contribution in [0.1, 0.15) is 19.3 Å². The molecule has 1 amide bonds.